The van der Waals surface area contributed by atoms with Gasteiger partial charge in [-0.05, 0) is 20.3 Å². The first-order chi connectivity index (χ1) is 6.45. The van der Waals surface area contributed by atoms with Crippen LogP contribution in [0.3, 0.4) is 0 Å². The van der Waals surface area contributed by atoms with Crippen LogP contribution in [0.5, 0.6) is 0 Å². The van der Waals surface area contributed by atoms with Gasteiger partial charge in [0.1, 0.15) is 0 Å². The lowest BCUT2D eigenvalue weighted by atomic mass is 10.2. The first-order valence-corrected chi connectivity index (χ1v) is 6.80. The minimum absolute atomic E-state index is 0. The number of rotatable bonds is 3. The summed E-state index contributed by atoms with van der Waals surface area (Å²) in [5, 5.41) is 3.32. The van der Waals surface area contributed by atoms with E-state index >= 15 is 0 Å². The van der Waals surface area contributed by atoms with Crippen LogP contribution in [-0.2, 0) is 10.0 Å². The Morgan fingerprint density at radius 1 is 1.27 bits per heavy atom. The van der Waals surface area contributed by atoms with Gasteiger partial charge in [0.15, 0.2) is 0 Å². The predicted octanol–water partition coefficient (Wildman–Crippen LogP) is 0.830. The summed E-state index contributed by atoms with van der Waals surface area (Å²) in [7, 11) is -3.01. The van der Waals surface area contributed by atoms with Gasteiger partial charge in [-0.15, -0.1) is 12.4 Å². The molecule has 92 valence electrons. The standard InChI is InChI=1S/C9H20N2O2S.ClH/c1-4-5-14(12,13)11-6-8(2)10-9(3)7-11;/h8-10H,4-7H2,1-3H3;1H. The van der Waals surface area contributed by atoms with E-state index in [0.717, 1.165) is 0 Å². The zero-order chi connectivity index (χ0) is 10.8. The van der Waals surface area contributed by atoms with Crippen LogP contribution in [0.15, 0.2) is 0 Å². The Labute approximate surface area is 98.9 Å². The molecular weight excluding hydrogens is 236 g/mol. The second-order valence-electron chi connectivity index (χ2n) is 4.10. The van der Waals surface area contributed by atoms with E-state index < -0.39 is 10.0 Å². The number of hydrogen-bond donors (Lipinski definition) is 1. The Morgan fingerprint density at radius 2 is 1.73 bits per heavy atom. The van der Waals surface area contributed by atoms with Crippen LogP contribution >= 0.6 is 12.4 Å². The van der Waals surface area contributed by atoms with Gasteiger partial charge in [0.05, 0.1) is 5.75 Å². The summed E-state index contributed by atoms with van der Waals surface area (Å²) in [6, 6.07) is 0.510. The van der Waals surface area contributed by atoms with E-state index in [1.807, 2.05) is 20.8 Å². The molecule has 0 aromatic heterocycles. The fourth-order valence-corrected chi connectivity index (χ4v) is 3.57. The minimum Gasteiger partial charge on any atom is -0.309 e. The smallest absolute Gasteiger partial charge is 0.214 e. The van der Waals surface area contributed by atoms with E-state index in [1.165, 1.54) is 0 Å². The molecule has 6 heteroatoms. The molecule has 1 heterocycles. The summed E-state index contributed by atoms with van der Waals surface area (Å²) in [4.78, 5) is 0. The van der Waals surface area contributed by atoms with Gasteiger partial charge in [-0.1, -0.05) is 6.92 Å². The van der Waals surface area contributed by atoms with Gasteiger partial charge in [-0.25, -0.2) is 8.42 Å². The first-order valence-electron chi connectivity index (χ1n) is 5.19. The normalized spacial score (nSPS) is 28.5. The Bertz CT molecular complexity index is 272. The Morgan fingerprint density at radius 3 is 2.13 bits per heavy atom. The second kappa shape index (κ2) is 6.03. The molecule has 15 heavy (non-hydrogen) atoms. The van der Waals surface area contributed by atoms with Crippen molar-refractivity contribution >= 4 is 22.4 Å². The molecule has 1 fully saturated rings. The molecule has 1 rings (SSSR count). The van der Waals surface area contributed by atoms with Gasteiger partial charge < -0.3 is 5.32 Å². The highest BCUT2D eigenvalue weighted by molar-refractivity contribution is 7.89. The first kappa shape index (κ1) is 15.2. The lowest BCUT2D eigenvalue weighted by Crippen LogP contribution is -2.56. The van der Waals surface area contributed by atoms with Gasteiger partial charge >= 0.3 is 0 Å². The third-order valence-electron chi connectivity index (χ3n) is 2.38. The number of sulfonamides is 1. The number of nitrogens with zero attached hydrogens (tertiary/aromatic N) is 1. The number of piperazine rings is 1. The van der Waals surface area contributed by atoms with Crippen molar-refractivity contribution in [1.29, 1.82) is 0 Å². The van der Waals surface area contributed by atoms with Crippen LogP contribution in [0.25, 0.3) is 0 Å². The molecule has 0 aliphatic carbocycles. The van der Waals surface area contributed by atoms with Crippen molar-refractivity contribution in [1.82, 2.24) is 9.62 Å². The molecule has 0 radical (unpaired) electrons. The molecule has 0 aromatic rings. The zero-order valence-corrected chi connectivity index (χ0v) is 11.2. The van der Waals surface area contributed by atoms with Crippen LogP contribution in [-0.4, -0.2) is 43.6 Å². The maximum absolute atomic E-state index is 11.8. The van der Waals surface area contributed by atoms with Crippen LogP contribution in [0.1, 0.15) is 27.2 Å². The number of nitrogens with one attached hydrogen (secondary N) is 1. The average molecular weight is 257 g/mol. The fourth-order valence-electron chi connectivity index (χ4n) is 1.89. The minimum atomic E-state index is -3.01. The van der Waals surface area contributed by atoms with E-state index in [0.29, 0.717) is 19.5 Å². The molecule has 2 atom stereocenters. The highest BCUT2D eigenvalue weighted by Gasteiger charge is 2.28. The van der Waals surface area contributed by atoms with Gasteiger partial charge in [0.2, 0.25) is 10.0 Å². The zero-order valence-electron chi connectivity index (χ0n) is 9.56. The number of halogens is 1. The summed E-state index contributed by atoms with van der Waals surface area (Å²) in [5.41, 5.74) is 0. The predicted molar refractivity (Wildman–Crippen MR) is 65.0 cm³/mol. The van der Waals surface area contributed by atoms with E-state index in [1.54, 1.807) is 4.31 Å². The lowest BCUT2D eigenvalue weighted by molar-refractivity contribution is 0.263. The van der Waals surface area contributed by atoms with E-state index in [2.05, 4.69) is 5.32 Å². The maximum atomic E-state index is 11.8. The van der Waals surface area contributed by atoms with Crippen molar-refractivity contribution in [3.8, 4) is 0 Å². The van der Waals surface area contributed by atoms with E-state index in [4.69, 9.17) is 0 Å². The van der Waals surface area contributed by atoms with Crippen LogP contribution in [0, 0.1) is 0 Å². The molecule has 2 unspecified atom stereocenters. The lowest BCUT2D eigenvalue weighted by Gasteiger charge is -2.35. The molecule has 4 nitrogen and oxygen atoms in total. The van der Waals surface area contributed by atoms with Crippen molar-refractivity contribution in [2.24, 2.45) is 0 Å². The quantitative estimate of drug-likeness (QED) is 0.814. The average Bonchev–Trinajstić information content (AvgIpc) is 2.02. The SMILES string of the molecule is CCCS(=O)(=O)N1CC(C)NC(C)C1.Cl. The Hall–Kier alpha value is 0.160. The van der Waals surface area contributed by atoms with Gasteiger partial charge in [0.25, 0.3) is 0 Å². The molecule has 1 aliphatic heterocycles. The van der Waals surface area contributed by atoms with Gasteiger partial charge in [-0.3, -0.25) is 0 Å². The third-order valence-corrected chi connectivity index (χ3v) is 4.39. The summed E-state index contributed by atoms with van der Waals surface area (Å²) < 4.78 is 25.2. The fraction of sp³-hybridized carbons (Fsp3) is 1.00. The van der Waals surface area contributed by atoms with E-state index in [-0.39, 0.29) is 30.2 Å². The molecule has 0 bridgehead atoms. The summed E-state index contributed by atoms with van der Waals surface area (Å²) in [6.07, 6.45) is 0.690. The maximum Gasteiger partial charge on any atom is 0.214 e. The third kappa shape index (κ3) is 4.26. The van der Waals surface area contributed by atoms with Crippen molar-refractivity contribution in [3.63, 3.8) is 0 Å². The molecule has 0 spiro atoms. The molecule has 0 aromatic carbocycles. The molecule has 1 aliphatic rings. The van der Waals surface area contributed by atoms with Gasteiger partial charge in [0, 0.05) is 25.2 Å². The number of hydrogen-bond acceptors (Lipinski definition) is 3. The molecule has 1 N–H and O–H groups in total. The summed E-state index contributed by atoms with van der Waals surface area (Å²) in [6.45, 7) is 7.14. The van der Waals surface area contributed by atoms with Crippen LogP contribution < -0.4 is 5.32 Å². The Kier molecular flexibility index (Phi) is 6.10. The van der Waals surface area contributed by atoms with Crippen molar-refractivity contribution < 1.29 is 8.42 Å². The highest BCUT2D eigenvalue weighted by Crippen LogP contribution is 2.10. The molecular formula is C9H21ClN2O2S. The van der Waals surface area contributed by atoms with Crippen molar-refractivity contribution in [2.45, 2.75) is 39.3 Å². The molecule has 0 amide bonds. The van der Waals surface area contributed by atoms with Crippen LogP contribution in [0.2, 0.25) is 0 Å². The largest absolute Gasteiger partial charge is 0.309 e. The highest BCUT2D eigenvalue weighted by atomic mass is 35.5. The molecule has 1 saturated heterocycles. The molecule has 0 saturated carbocycles. The van der Waals surface area contributed by atoms with Crippen molar-refractivity contribution in [2.75, 3.05) is 18.8 Å². The second-order valence-corrected chi connectivity index (χ2v) is 6.19. The summed E-state index contributed by atoms with van der Waals surface area (Å²) in [5.74, 6) is 0.270. The van der Waals surface area contributed by atoms with Crippen LogP contribution in [0.4, 0.5) is 0 Å². The Balaban J connectivity index is 0.00000196. The summed E-state index contributed by atoms with van der Waals surface area (Å²) >= 11 is 0. The van der Waals surface area contributed by atoms with Crippen molar-refractivity contribution in [3.05, 3.63) is 0 Å². The van der Waals surface area contributed by atoms with E-state index in [9.17, 15) is 8.42 Å². The monoisotopic (exact) mass is 256 g/mol. The topological polar surface area (TPSA) is 49.4 Å². The van der Waals surface area contributed by atoms with Gasteiger partial charge in [-0.2, -0.15) is 4.31 Å².